The number of hydrogen-bond donors (Lipinski definition) is 2. The molecule has 3 rings (SSSR count). The molecule has 0 aliphatic carbocycles. The van der Waals surface area contributed by atoms with Crippen LogP contribution in [-0.2, 0) is 6.42 Å². The quantitative estimate of drug-likeness (QED) is 0.604. The molecular formula is C21H23FN4O2. The fourth-order valence-electron chi connectivity index (χ4n) is 2.77. The first kappa shape index (κ1) is 19.4. The van der Waals surface area contributed by atoms with E-state index in [1.54, 1.807) is 26.4 Å². The molecule has 6 nitrogen and oxygen atoms in total. The van der Waals surface area contributed by atoms with Crippen LogP contribution in [0.1, 0.15) is 11.4 Å². The van der Waals surface area contributed by atoms with Gasteiger partial charge in [0.2, 0.25) is 0 Å². The van der Waals surface area contributed by atoms with E-state index in [1.165, 1.54) is 12.1 Å². The van der Waals surface area contributed by atoms with Gasteiger partial charge in [0.1, 0.15) is 23.3 Å². The Balaban J connectivity index is 1.66. The zero-order valence-corrected chi connectivity index (χ0v) is 16.1. The van der Waals surface area contributed by atoms with Crippen LogP contribution in [0.3, 0.4) is 0 Å². The van der Waals surface area contributed by atoms with Crippen molar-refractivity contribution in [3.63, 3.8) is 0 Å². The molecule has 0 bridgehead atoms. The molecule has 0 fully saturated rings. The molecule has 1 heterocycles. The summed E-state index contributed by atoms with van der Waals surface area (Å²) in [5.74, 6) is 3.11. The topological polar surface area (TPSA) is 68.3 Å². The van der Waals surface area contributed by atoms with Crippen LogP contribution in [0.4, 0.5) is 21.7 Å². The number of aromatic nitrogens is 2. The number of anilines is 3. The molecule has 0 radical (unpaired) electrons. The first-order chi connectivity index (χ1) is 13.6. The van der Waals surface area contributed by atoms with Crippen molar-refractivity contribution < 1.29 is 13.9 Å². The highest BCUT2D eigenvalue weighted by atomic mass is 19.1. The van der Waals surface area contributed by atoms with E-state index in [1.807, 2.05) is 31.2 Å². The summed E-state index contributed by atoms with van der Waals surface area (Å²) in [5.41, 5.74) is 1.89. The normalized spacial score (nSPS) is 10.4. The molecule has 28 heavy (non-hydrogen) atoms. The molecule has 0 saturated heterocycles. The third-order valence-corrected chi connectivity index (χ3v) is 4.13. The molecule has 0 aliphatic heterocycles. The van der Waals surface area contributed by atoms with Gasteiger partial charge in [-0.3, -0.25) is 0 Å². The summed E-state index contributed by atoms with van der Waals surface area (Å²) in [4.78, 5) is 8.84. The number of benzene rings is 2. The van der Waals surface area contributed by atoms with Crippen LogP contribution in [0.5, 0.6) is 11.5 Å². The molecule has 7 heteroatoms. The predicted molar refractivity (Wildman–Crippen MR) is 108 cm³/mol. The molecule has 0 spiro atoms. The molecule has 2 aromatic carbocycles. The smallest absolute Gasteiger partial charge is 0.162 e. The average Bonchev–Trinajstić information content (AvgIpc) is 2.69. The summed E-state index contributed by atoms with van der Waals surface area (Å²) >= 11 is 0. The van der Waals surface area contributed by atoms with E-state index in [4.69, 9.17) is 9.47 Å². The molecule has 1 aromatic heterocycles. The molecule has 3 aromatic rings. The van der Waals surface area contributed by atoms with Crippen molar-refractivity contribution in [2.24, 2.45) is 0 Å². The van der Waals surface area contributed by atoms with Crippen molar-refractivity contribution in [2.45, 2.75) is 13.3 Å². The third-order valence-electron chi connectivity index (χ3n) is 4.13. The van der Waals surface area contributed by atoms with Crippen LogP contribution in [0.25, 0.3) is 0 Å². The van der Waals surface area contributed by atoms with E-state index < -0.39 is 0 Å². The number of nitrogens with zero attached hydrogens (tertiary/aromatic N) is 2. The minimum atomic E-state index is -0.228. The van der Waals surface area contributed by atoms with E-state index in [2.05, 4.69) is 20.6 Å². The second-order valence-corrected chi connectivity index (χ2v) is 6.18. The van der Waals surface area contributed by atoms with Gasteiger partial charge in [-0.05, 0) is 43.2 Å². The fourth-order valence-corrected chi connectivity index (χ4v) is 2.77. The van der Waals surface area contributed by atoms with Gasteiger partial charge < -0.3 is 20.1 Å². The van der Waals surface area contributed by atoms with Crippen molar-refractivity contribution in [3.05, 3.63) is 65.7 Å². The molecule has 0 atom stereocenters. The third kappa shape index (κ3) is 5.09. The van der Waals surface area contributed by atoms with Crippen LogP contribution in [0.2, 0.25) is 0 Å². The Hall–Kier alpha value is -3.35. The van der Waals surface area contributed by atoms with Gasteiger partial charge in [0.15, 0.2) is 11.5 Å². The predicted octanol–water partition coefficient (Wildman–Crippen LogP) is 4.34. The van der Waals surface area contributed by atoms with Crippen molar-refractivity contribution >= 4 is 17.3 Å². The monoisotopic (exact) mass is 382 g/mol. The van der Waals surface area contributed by atoms with Gasteiger partial charge in [-0.1, -0.05) is 12.1 Å². The summed E-state index contributed by atoms with van der Waals surface area (Å²) < 4.78 is 23.6. The van der Waals surface area contributed by atoms with Gasteiger partial charge in [0, 0.05) is 24.4 Å². The number of aryl methyl sites for hydroxylation is 1. The minimum absolute atomic E-state index is 0.228. The minimum Gasteiger partial charge on any atom is -0.493 e. The zero-order chi connectivity index (χ0) is 19.9. The van der Waals surface area contributed by atoms with Crippen LogP contribution < -0.4 is 20.1 Å². The molecular weight excluding hydrogens is 359 g/mol. The Morgan fingerprint density at radius 3 is 2.32 bits per heavy atom. The zero-order valence-electron chi connectivity index (χ0n) is 16.1. The van der Waals surface area contributed by atoms with Gasteiger partial charge in [-0.25, -0.2) is 14.4 Å². The molecule has 0 amide bonds. The summed E-state index contributed by atoms with van der Waals surface area (Å²) in [6, 6.07) is 13.9. The highest BCUT2D eigenvalue weighted by Crippen LogP contribution is 2.31. The van der Waals surface area contributed by atoms with Crippen molar-refractivity contribution in [3.8, 4) is 11.5 Å². The molecule has 2 N–H and O–H groups in total. The second kappa shape index (κ2) is 9.03. The molecule has 0 unspecified atom stereocenters. The van der Waals surface area contributed by atoms with Gasteiger partial charge in [0.25, 0.3) is 0 Å². The van der Waals surface area contributed by atoms with Gasteiger partial charge in [-0.15, -0.1) is 0 Å². The number of ether oxygens (including phenoxy) is 2. The number of halogens is 1. The number of hydrogen-bond acceptors (Lipinski definition) is 6. The van der Waals surface area contributed by atoms with Gasteiger partial charge >= 0.3 is 0 Å². The molecule has 0 aliphatic rings. The lowest BCUT2D eigenvalue weighted by molar-refractivity contribution is 0.355. The first-order valence-corrected chi connectivity index (χ1v) is 8.90. The van der Waals surface area contributed by atoms with E-state index in [9.17, 15) is 4.39 Å². The van der Waals surface area contributed by atoms with Crippen LogP contribution >= 0.6 is 0 Å². The molecule has 0 saturated carbocycles. The lowest BCUT2D eigenvalue weighted by atomic mass is 10.1. The highest BCUT2D eigenvalue weighted by Gasteiger charge is 2.07. The largest absolute Gasteiger partial charge is 0.493 e. The van der Waals surface area contributed by atoms with Crippen molar-refractivity contribution in [1.82, 2.24) is 9.97 Å². The fraction of sp³-hybridized carbons (Fsp3) is 0.238. The second-order valence-electron chi connectivity index (χ2n) is 6.18. The maximum absolute atomic E-state index is 13.0. The lowest BCUT2D eigenvalue weighted by Gasteiger charge is -2.12. The van der Waals surface area contributed by atoms with Gasteiger partial charge in [0.05, 0.1) is 14.2 Å². The van der Waals surface area contributed by atoms with Crippen LogP contribution in [0.15, 0.2) is 48.5 Å². The Labute approximate surface area is 163 Å². The van der Waals surface area contributed by atoms with Crippen LogP contribution in [0, 0.1) is 12.7 Å². The van der Waals surface area contributed by atoms with E-state index in [0.29, 0.717) is 29.7 Å². The van der Waals surface area contributed by atoms with Crippen molar-refractivity contribution in [1.29, 1.82) is 0 Å². The number of rotatable bonds is 8. The first-order valence-electron chi connectivity index (χ1n) is 8.90. The van der Waals surface area contributed by atoms with E-state index in [-0.39, 0.29) is 5.82 Å². The standard InChI is InChI=1S/C21H23FN4O2/c1-14-24-20(23-11-10-15-4-6-16(22)7-5-15)13-21(25-14)26-17-8-9-18(27-2)19(12-17)28-3/h4-9,12-13H,10-11H2,1-3H3,(H2,23,24,25,26). The SMILES string of the molecule is COc1ccc(Nc2cc(NCCc3ccc(F)cc3)nc(C)n2)cc1OC. The van der Waals surface area contributed by atoms with Crippen molar-refractivity contribution in [2.75, 3.05) is 31.4 Å². The van der Waals surface area contributed by atoms with Crippen LogP contribution in [-0.4, -0.2) is 30.7 Å². The summed E-state index contributed by atoms with van der Waals surface area (Å²) in [6.07, 6.45) is 0.766. The maximum atomic E-state index is 13.0. The Morgan fingerprint density at radius 2 is 1.61 bits per heavy atom. The summed E-state index contributed by atoms with van der Waals surface area (Å²) in [6.45, 7) is 2.52. The highest BCUT2D eigenvalue weighted by molar-refractivity contribution is 5.63. The van der Waals surface area contributed by atoms with E-state index >= 15 is 0 Å². The maximum Gasteiger partial charge on any atom is 0.162 e. The summed E-state index contributed by atoms with van der Waals surface area (Å²) in [7, 11) is 3.20. The summed E-state index contributed by atoms with van der Waals surface area (Å²) in [5, 5.41) is 6.54. The van der Waals surface area contributed by atoms with Gasteiger partial charge in [-0.2, -0.15) is 0 Å². The Kier molecular flexibility index (Phi) is 6.26. The molecule has 146 valence electrons. The average molecular weight is 382 g/mol. The number of nitrogens with one attached hydrogen (secondary N) is 2. The number of methoxy groups -OCH3 is 2. The van der Waals surface area contributed by atoms with E-state index in [0.717, 1.165) is 23.5 Å². The lowest BCUT2D eigenvalue weighted by Crippen LogP contribution is -2.08. The Bertz CT molecular complexity index is 932. The Morgan fingerprint density at radius 1 is 0.893 bits per heavy atom.